The maximum atomic E-state index is 12.7. The highest BCUT2D eigenvalue weighted by molar-refractivity contribution is 7.91. The molecule has 1 atom stereocenters. The molecule has 0 heterocycles. The first kappa shape index (κ1) is 14.8. The summed E-state index contributed by atoms with van der Waals surface area (Å²) in [5, 5.41) is 0. The lowest BCUT2D eigenvalue weighted by Crippen LogP contribution is -2.44. The Labute approximate surface area is 120 Å². The van der Waals surface area contributed by atoms with E-state index in [-0.39, 0.29) is 5.75 Å². The van der Waals surface area contributed by atoms with Crippen molar-refractivity contribution in [1.82, 2.24) is 0 Å². The Hall–Kier alpha value is -1.65. The zero-order valence-corrected chi connectivity index (χ0v) is 12.3. The smallest absolute Gasteiger partial charge is 0.177 e. The molecule has 0 saturated carbocycles. The van der Waals surface area contributed by atoms with Gasteiger partial charge in [-0.25, -0.2) is 8.42 Å². The van der Waals surface area contributed by atoms with E-state index in [0.717, 1.165) is 5.56 Å². The van der Waals surface area contributed by atoms with E-state index in [1.54, 1.807) is 31.2 Å². The van der Waals surface area contributed by atoms with Crippen LogP contribution in [0.5, 0.6) is 0 Å². The fraction of sp³-hybridized carbons (Fsp3) is 0.250. The van der Waals surface area contributed by atoms with Gasteiger partial charge < -0.3 is 5.73 Å². The third-order valence-electron chi connectivity index (χ3n) is 3.54. The van der Waals surface area contributed by atoms with Crippen LogP contribution in [0.2, 0.25) is 0 Å². The van der Waals surface area contributed by atoms with Gasteiger partial charge in [-0.2, -0.15) is 0 Å². The van der Waals surface area contributed by atoms with E-state index in [1.165, 1.54) is 0 Å². The summed E-state index contributed by atoms with van der Waals surface area (Å²) in [6, 6.07) is 18.1. The standard InChI is InChI=1S/C16H19NO2S/c1-2-16(17,15-11-7-4-8-12-15)20(18,19)13-14-9-5-3-6-10-14/h3-12H,2,13,17H2,1H3. The van der Waals surface area contributed by atoms with E-state index < -0.39 is 14.7 Å². The predicted octanol–water partition coefficient (Wildman–Crippen LogP) is 2.82. The number of sulfone groups is 1. The van der Waals surface area contributed by atoms with Crippen molar-refractivity contribution in [2.45, 2.75) is 24.0 Å². The molecule has 2 N–H and O–H groups in total. The summed E-state index contributed by atoms with van der Waals surface area (Å²) >= 11 is 0. The van der Waals surface area contributed by atoms with Gasteiger partial charge in [0.15, 0.2) is 9.84 Å². The summed E-state index contributed by atoms with van der Waals surface area (Å²) in [4.78, 5) is -1.34. The molecule has 0 radical (unpaired) electrons. The summed E-state index contributed by atoms with van der Waals surface area (Å²) in [6.07, 6.45) is 0.339. The number of benzene rings is 2. The van der Waals surface area contributed by atoms with Gasteiger partial charge >= 0.3 is 0 Å². The summed E-state index contributed by atoms with van der Waals surface area (Å²) in [5.41, 5.74) is 7.65. The molecule has 0 aliphatic heterocycles. The molecule has 0 spiro atoms. The van der Waals surface area contributed by atoms with E-state index in [2.05, 4.69) is 0 Å². The molecular weight excluding hydrogens is 270 g/mol. The van der Waals surface area contributed by atoms with Gasteiger partial charge in [0.2, 0.25) is 0 Å². The summed E-state index contributed by atoms with van der Waals surface area (Å²) < 4.78 is 25.5. The van der Waals surface area contributed by atoms with Crippen LogP contribution in [0.1, 0.15) is 24.5 Å². The Morgan fingerprint density at radius 1 is 0.950 bits per heavy atom. The molecule has 0 bridgehead atoms. The normalized spacial score (nSPS) is 14.7. The molecule has 1 unspecified atom stereocenters. The molecule has 2 aromatic rings. The Morgan fingerprint density at radius 3 is 1.95 bits per heavy atom. The quantitative estimate of drug-likeness (QED) is 0.920. The number of nitrogens with two attached hydrogens (primary N) is 1. The highest BCUT2D eigenvalue weighted by Crippen LogP contribution is 2.30. The molecule has 20 heavy (non-hydrogen) atoms. The lowest BCUT2D eigenvalue weighted by Gasteiger charge is -2.28. The van der Waals surface area contributed by atoms with Crippen LogP contribution in [-0.2, 0) is 20.5 Å². The second kappa shape index (κ2) is 5.77. The highest BCUT2D eigenvalue weighted by Gasteiger charge is 2.39. The number of hydrogen-bond acceptors (Lipinski definition) is 3. The summed E-state index contributed by atoms with van der Waals surface area (Å²) in [5.74, 6) is -0.0485. The first-order valence-electron chi connectivity index (χ1n) is 6.60. The van der Waals surface area contributed by atoms with Gasteiger partial charge in [0, 0.05) is 0 Å². The van der Waals surface area contributed by atoms with Crippen molar-refractivity contribution in [2.24, 2.45) is 5.73 Å². The molecule has 0 aliphatic carbocycles. The van der Waals surface area contributed by atoms with Gasteiger partial charge in [-0.3, -0.25) is 0 Å². The zero-order valence-electron chi connectivity index (χ0n) is 11.5. The Balaban J connectivity index is 2.40. The van der Waals surface area contributed by atoms with Crippen LogP contribution < -0.4 is 5.73 Å². The fourth-order valence-corrected chi connectivity index (χ4v) is 4.07. The topological polar surface area (TPSA) is 60.2 Å². The van der Waals surface area contributed by atoms with Gasteiger partial charge in [-0.15, -0.1) is 0 Å². The molecule has 2 aromatic carbocycles. The van der Waals surface area contributed by atoms with Crippen molar-refractivity contribution in [3.05, 3.63) is 71.8 Å². The van der Waals surface area contributed by atoms with Crippen molar-refractivity contribution >= 4 is 9.84 Å². The molecule has 0 saturated heterocycles. The van der Waals surface area contributed by atoms with Gasteiger partial charge in [0.1, 0.15) is 4.87 Å². The van der Waals surface area contributed by atoms with Crippen LogP contribution in [0.4, 0.5) is 0 Å². The molecule has 106 valence electrons. The van der Waals surface area contributed by atoms with Crippen LogP contribution >= 0.6 is 0 Å². The molecule has 0 amide bonds. The fourth-order valence-electron chi connectivity index (χ4n) is 2.25. The highest BCUT2D eigenvalue weighted by atomic mass is 32.2. The third kappa shape index (κ3) is 2.76. The molecular formula is C16H19NO2S. The Morgan fingerprint density at radius 2 is 1.45 bits per heavy atom. The van der Waals surface area contributed by atoms with Crippen LogP contribution in [0, 0.1) is 0 Å². The maximum absolute atomic E-state index is 12.7. The lowest BCUT2D eigenvalue weighted by atomic mass is 10.1. The van der Waals surface area contributed by atoms with E-state index in [0.29, 0.717) is 12.0 Å². The number of rotatable bonds is 5. The summed E-state index contributed by atoms with van der Waals surface area (Å²) in [7, 11) is -3.50. The second-order valence-electron chi connectivity index (χ2n) is 4.85. The molecule has 4 heteroatoms. The minimum atomic E-state index is -3.50. The van der Waals surface area contributed by atoms with Crippen LogP contribution in [0.15, 0.2) is 60.7 Å². The first-order valence-corrected chi connectivity index (χ1v) is 8.25. The van der Waals surface area contributed by atoms with Crippen LogP contribution in [0.25, 0.3) is 0 Å². The summed E-state index contributed by atoms with van der Waals surface area (Å²) in [6.45, 7) is 1.80. The molecule has 2 rings (SSSR count). The van der Waals surface area contributed by atoms with E-state index in [9.17, 15) is 8.42 Å². The first-order chi connectivity index (χ1) is 9.49. The third-order valence-corrected chi connectivity index (χ3v) is 5.89. The SMILES string of the molecule is CCC(N)(c1ccccc1)S(=O)(=O)Cc1ccccc1. The zero-order chi connectivity index (χ0) is 14.6. The van der Waals surface area contributed by atoms with Crippen molar-refractivity contribution in [2.75, 3.05) is 0 Å². The minimum Gasteiger partial charge on any atom is -0.309 e. The molecule has 0 fully saturated rings. The van der Waals surface area contributed by atoms with Crippen molar-refractivity contribution in [1.29, 1.82) is 0 Å². The average Bonchev–Trinajstić information content (AvgIpc) is 2.47. The molecule has 0 aliphatic rings. The lowest BCUT2D eigenvalue weighted by molar-refractivity contribution is 0.515. The van der Waals surface area contributed by atoms with Crippen molar-refractivity contribution in [3.8, 4) is 0 Å². The van der Waals surface area contributed by atoms with Gasteiger partial charge in [-0.1, -0.05) is 67.6 Å². The van der Waals surface area contributed by atoms with Crippen molar-refractivity contribution < 1.29 is 8.42 Å². The van der Waals surface area contributed by atoms with Crippen LogP contribution in [-0.4, -0.2) is 8.42 Å². The van der Waals surface area contributed by atoms with Gasteiger partial charge in [0.05, 0.1) is 5.75 Å². The average molecular weight is 289 g/mol. The Bertz CT molecular complexity index is 653. The second-order valence-corrected chi connectivity index (χ2v) is 7.10. The number of hydrogen-bond donors (Lipinski definition) is 1. The molecule has 3 nitrogen and oxygen atoms in total. The largest absolute Gasteiger partial charge is 0.309 e. The van der Waals surface area contributed by atoms with Crippen LogP contribution in [0.3, 0.4) is 0 Å². The van der Waals surface area contributed by atoms with E-state index in [1.807, 2.05) is 36.4 Å². The van der Waals surface area contributed by atoms with Gasteiger partial charge in [0.25, 0.3) is 0 Å². The van der Waals surface area contributed by atoms with Crippen molar-refractivity contribution in [3.63, 3.8) is 0 Å². The minimum absolute atomic E-state index is 0.0485. The monoisotopic (exact) mass is 289 g/mol. The van der Waals surface area contributed by atoms with E-state index in [4.69, 9.17) is 5.73 Å². The van der Waals surface area contributed by atoms with E-state index >= 15 is 0 Å². The van der Waals surface area contributed by atoms with Gasteiger partial charge in [-0.05, 0) is 17.5 Å². The predicted molar refractivity (Wildman–Crippen MR) is 81.7 cm³/mol. The maximum Gasteiger partial charge on any atom is 0.177 e. The molecule has 0 aromatic heterocycles. The Kier molecular flexibility index (Phi) is 4.26.